The molecule has 0 saturated heterocycles. The molecule has 1 unspecified atom stereocenters. The molecular formula is C21H23BrFNO3. The number of ether oxygens (including phenoxy) is 2. The highest BCUT2D eigenvalue weighted by atomic mass is 79.9. The van der Waals surface area contributed by atoms with E-state index in [4.69, 9.17) is 9.47 Å². The highest BCUT2D eigenvalue weighted by Crippen LogP contribution is 2.43. The SMILES string of the molecule is COc1cc2c(cc1Br)CCC(c1ccc(F)cc1)N2C(=O)OC(C)(C)C. The average Bonchev–Trinajstić information content (AvgIpc) is 2.59. The Bertz CT molecular complexity index is 846. The van der Waals surface area contributed by atoms with E-state index in [0.717, 1.165) is 34.1 Å². The van der Waals surface area contributed by atoms with Crippen molar-refractivity contribution in [1.82, 2.24) is 0 Å². The monoisotopic (exact) mass is 435 g/mol. The standard InChI is InChI=1S/C21H23BrFNO3/c1-21(2,3)27-20(25)24-17(13-5-8-15(23)9-6-13)10-7-14-11-16(22)19(26-4)12-18(14)24/h5-6,8-9,11-12,17H,7,10H2,1-4H3. The van der Waals surface area contributed by atoms with Gasteiger partial charge in [-0.15, -0.1) is 0 Å². The van der Waals surface area contributed by atoms with E-state index in [1.54, 1.807) is 24.1 Å². The summed E-state index contributed by atoms with van der Waals surface area (Å²) in [5.41, 5.74) is 2.04. The average molecular weight is 436 g/mol. The lowest BCUT2D eigenvalue weighted by Gasteiger charge is -2.38. The van der Waals surface area contributed by atoms with Crippen LogP contribution in [0.4, 0.5) is 14.9 Å². The molecule has 144 valence electrons. The predicted octanol–water partition coefficient (Wildman–Crippen LogP) is 6.03. The molecule has 0 bridgehead atoms. The molecule has 3 rings (SSSR count). The zero-order chi connectivity index (χ0) is 19.8. The van der Waals surface area contributed by atoms with Gasteiger partial charge >= 0.3 is 6.09 Å². The molecule has 0 saturated carbocycles. The van der Waals surface area contributed by atoms with Crippen LogP contribution in [0, 0.1) is 5.82 Å². The van der Waals surface area contributed by atoms with Gasteiger partial charge in [-0.05, 0) is 78.9 Å². The number of carbonyl (C=O) groups is 1. The number of aryl methyl sites for hydroxylation is 1. The number of hydrogen-bond acceptors (Lipinski definition) is 3. The summed E-state index contributed by atoms with van der Waals surface area (Å²) in [5.74, 6) is 0.339. The maximum atomic E-state index is 13.4. The van der Waals surface area contributed by atoms with Crippen molar-refractivity contribution in [2.75, 3.05) is 12.0 Å². The number of benzene rings is 2. The summed E-state index contributed by atoms with van der Waals surface area (Å²) < 4.78 is 25.3. The van der Waals surface area contributed by atoms with Crippen LogP contribution < -0.4 is 9.64 Å². The lowest BCUT2D eigenvalue weighted by Crippen LogP contribution is -2.42. The Morgan fingerprint density at radius 1 is 1.22 bits per heavy atom. The zero-order valence-corrected chi connectivity index (χ0v) is 17.5. The number of methoxy groups -OCH3 is 1. The third-order valence-corrected chi connectivity index (χ3v) is 5.08. The van der Waals surface area contributed by atoms with E-state index in [0.29, 0.717) is 5.75 Å². The number of rotatable bonds is 2. The van der Waals surface area contributed by atoms with E-state index < -0.39 is 11.7 Å². The summed E-state index contributed by atoms with van der Waals surface area (Å²) >= 11 is 3.51. The first-order chi connectivity index (χ1) is 12.7. The second-order valence-electron chi connectivity index (χ2n) is 7.57. The first-order valence-electron chi connectivity index (χ1n) is 8.83. The van der Waals surface area contributed by atoms with Gasteiger partial charge < -0.3 is 9.47 Å². The first-order valence-corrected chi connectivity index (χ1v) is 9.63. The van der Waals surface area contributed by atoms with Gasteiger partial charge in [0.15, 0.2) is 0 Å². The summed E-state index contributed by atoms with van der Waals surface area (Å²) in [5, 5.41) is 0. The van der Waals surface area contributed by atoms with Crippen LogP contribution in [0.5, 0.6) is 5.75 Å². The lowest BCUT2D eigenvalue weighted by molar-refractivity contribution is 0.0560. The lowest BCUT2D eigenvalue weighted by atomic mass is 9.91. The van der Waals surface area contributed by atoms with Crippen molar-refractivity contribution < 1.29 is 18.7 Å². The van der Waals surface area contributed by atoms with Crippen molar-refractivity contribution in [2.24, 2.45) is 0 Å². The minimum atomic E-state index is -0.624. The molecule has 1 amide bonds. The molecule has 1 heterocycles. The van der Waals surface area contributed by atoms with Crippen LogP contribution >= 0.6 is 15.9 Å². The molecule has 1 atom stereocenters. The highest BCUT2D eigenvalue weighted by molar-refractivity contribution is 9.10. The van der Waals surface area contributed by atoms with Crippen LogP contribution in [-0.4, -0.2) is 18.8 Å². The van der Waals surface area contributed by atoms with Crippen molar-refractivity contribution in [1.29, 1.82) is 0 Å². The molecule has 0 fully saturated rings. The minimum Gasteiger partial charge on any atom is -0.495 e. The van der Waals surface area contributed by atoms with Crippen molar-refractivity contribution in [2.45, 2.75) is 45.3 Å². The molecule has 0 N–H and O–H groups in total. The number of nitrogens with zero attached hydrogens (tertiary/aromatic N) is 1. The summed E-state index contributed by atoms with van der Waals surface area (Å²) in [6, 6.07) is 9.86. The third-order valence-electron chi connectivity index (χ3n) is 4.46. The Kier molecular flexibility index (Phi) is 5.47. The highest BCUT2D eigenvalue weighted by Gasteiger charge is 2.35. The maximum absolute atomic E-state index is 13.4. The van der Waals surface area contributed by atoms with Gasteiger partial charge in [0.1, 0.15) is 17.2 Å². The van der Waals surface area contributed by atoms with Gasteiger partial charge in [-0.1, -0.05) is 12.1 Å². The van der Waals surface area contributed by atoms with Crippen LogP contribution in [0.15, 0.2) is 40.9 Å². The van der Waals surface area contributed by atoms with E-state index in [2.05, 4.69) is 15.9 Å². The van der Waals surface area contributed by atoms with Gasteiger partial charge in [0.05, 0.1) is 23.3 Å². The van der Waals surface area contributed by atoms with Crippen LogP contribution in [0.2, 0.25) is 0 Å². The molecule has 2 aromatic carbocycles. The summed E-state index contributed by atoms with van der Waals surface area (Å²) in [4.78, 5) is 14.7. The molecule has 1 aliphatic rings. The fraction of sp³-hybridized carbons (Fsp3) is 0.381. The maximum Gasteiger partial charge on any atom is 0.415 e. The van der Waals surface area contributed by atoms with E-state index >= 15 is 0 Å². The molecule has 0 aliphatic carbocycles. The summed E-state index contributed by atoms with van der Waals surface area (Å²) in [7, 11) is 1.59. The Morgan fingerprint density at radius 2 is 1.89 bits per heavy atom. The van der Waals surface area contributed by atoms with Gasteiger partial charge in [0, 0.05) is 6.07 Å². The fourth-order valence-electron chi connectivity index (χ4n) is 3.29. The molecule has 27 heavy (non-hydrogen) atoms. The number of carbonyl (C=O) groups excluding carboxylic acids is 1. The van der Waals surface area contributed by atoms with Gasteiger partial charge in [-0.25, -0.2) is 9.18 Å². The van der Waals surface area contributed by atoms with Gasteiger partial charge in [-0.3, -0.25) is 4.90 Å². The smallest absolute Gasteiger partial charge is 0.415 e. The number of hydrogen-bond donors (Lipinski definition) is 0. The molecule has 6 heteroatoms. The van der Waals surface area contributed by atoms with Crippen LogP contribution in [-0.2, 0) is 11.2 Å². The second-order valence-corrected chi connectivity index (χ2v) is 8.43. The zero-order valence-electron chi connectivity index (χ0n) is 15.9. The quantitative estimate of drug-likeness (QED) is 0.578. The van der Waals surface area contributed by atoms with Crippen LogP contribution in [0.25, 0.3) is 0 Å². The number of anilines is 1. The molecule has 0 aromatic heterocycles. The molecule has 2 aromatic rings. The predicted molar refractivity (Wildman–Crippen MR) is 107 cm³/mol. The topological polar surface area (TPSA) is 38.8 Å². The molecule has 0 spiro atoms. The third kappa shape index (κ3) is 4.26. The van der Waals surface area contributed by atoms with Crippen molar-refractivity contribution in [3.63, 3.8) is 0 Å². The van der Waals surface area contributed by atoms with Gasteiger partial charge in [0.2, 0.25) is 0 Å². The number of fused-ring (bicyclic) bond motifs is 1. The van der Waals surface area contributed by atoms with E-state index in [1.807, 2.05) is 32.9 Å². The van der Waals surface area contributed by atoms with E-state index in [9.17, 15) is 9.18 Å². The van der Waals surface area contributed by atoms with Crippen molar-refractivity contribution in [3.05, 3.63) is 57.8 Å². The Balaban J connectivity index is 2.09. The van der Waals surface area contributed by atoms with Crippen LogP contribution in [0.1, 0.15) is 44.4 Å². The van der Waals surface area contributed by atoms with Gasteiger partial charge in [0.25, 0.3) is 0 Å². The molecule has 0 radical (unpaired) electrons. The van der Waals surface area contributed by atoms with Crippen molar-refractivity contribution >= 4 is 27.7 Å². The largest absolute Gasteiger partial charge is 0.495 e. The molecule has 4 nitrogen and oxygen atoms in total. The Labute approximate surface area is 167 Å². The normalized spacial score (nSPS) is 16.7. The minimum absolute atomic E-state index is 0.237. The number of amides is 1. The first kappa shape index (κ1) is 19.7. The van der Waals surface area contributed by atoms with Gasteiger partial charge in [-0.2, -0.15) is 0 Å². The second kappa shape index (κ2) is 7.50. The molecular weight excluding hydrogens is 413 g/mol. The molecule has 1 aliphatic heterocycles. The fourth-order valence-corrected chi connectivity index (χ4v) is 3.84. The van der Waals surface area contributed by atoms with Crippen molar-refractivity contribution in [3.8, 4) is 5.75 Å². The Hall–Kier alpha value is -2.08. The number of halogens is 2. The summed E-state index contributed by atoms with van der Waals surface area (Å²) in [6.45, 7) is 5.51. The van der Waals surface area contributed by atoms with E-state index in [-0.39, 0.29) is 11.9 Å². The van der Waals surface area contributed by atoms with Crippen LogP contribution in [0.3, 0.4) is 0 Å². The van der Waals surface area contributed by atoms with E-state index in [1.165, 1.54) is 12.1 Å². The summed E-state index contributed by atoms with van der Waals surface area (Å²) in [6.07, 6.45) is 1.08. The Morgan fingerprint density at radius 3 is 2.48 bits per heavy atom.